The number of aliphatic hydroxyl groups is 2. The lowest BCUT2D eigenvalue weighted by molar-refractivity contribution is 0.160. The van der Waals surface area contributed by atoms with Crippen LogP contribution in [0.25, 0.3) is 0 Å². The second-order valence-electron chi connectivity index (χ2n) is 5.18. The summed E-state index contributed by atoms with van der Waals surface area (Å²) in [7, 11) is 2.00. The second-order valence-corrected chi connectivity index (χ2v) is 5.18. The fourth-order valence-electron chi connectivity index (χ4n) is 2.66. The summed E-state index contributed by atoms with van der Waals surface area (Å²) in [6.07, 6.45) is 1.66. The highest BCUT2D eigenvalue weighted by Gasteiger charge is 2.33. The van der Waals surface area contributed by atoms with Gasteiger partial charge >= 0.3 is 0 Å². The van der Waals surface area contributed by atoms with Gasteiger partial charge in [0.05, 0.1) is 6.61 Å². The summed E-state index contributed by atoms with van der Waals surface area (Å²) in [6.45, 7) is 3.59. The van der Waals surface area contributed by atoms with Crippen molar-refractivity contribution < 1.29 is 10.2 Å². The average molecular weight is 266 g/mol. The van der Waals surface area contributed by atoms with Gasteiger partial charge in [0, 0.05) is 44.9 Å². The van der Waals surface area contributed by atoms with Crippen molar-refractivity contribution in [3.05, 3.63) is 18.3 Å². The fourth-order valence-corrected chi connectivity index (χ4v) is 2.66. The number of likely N-dealkylation sites (N-methyl/N-ethyl adjacent to an activating group) is 1. The molecule has 0 amide bonds. The van der Waals surface area contributed by atoms with Gasteiger partial charge in [-0.2, -0.15) is 5.10 Å². The summed E-state index contributed by atoms with van der Waals surface area (Å²) in [6, 6.07) is 3.82. The summed E-state index contributed by atoms with van der Waals surface area (Å²) in [5.41, 5.74) is 0. The van der Waals surface area contributed by atoms with E-state index in [0.717, 1.165) is 25.5 Å². The van der Waals surface area contributed by atoms with E-state index in [-0.39, 0.29) is 19.1 Å². The molecule has 1 aliphatic heterocycles. The molecule has 0 radical (unpaired) electrons. The third-order valence-electron chi connectivity index (χ3n) is 3.72. The zero-order valence-electron chi connectivity index (χ0n) is 11.3. The van der Waals surface area contributed by atoms with E-state index in [0.29, 0.717) is 12.5 Å². The van der Waals surface area contributed by atoms with Gasteiger partial charge in [0.25, 0.3) is 0 Å². The minimum absolute atomic E-state index is 0.168. The van der Waals surface area contributed by atoms with Crippen LogP contribution in [0.1, 0.15) is 0 Å². The Balaban J connectivity index is 1.97. The molecule has 0 spiro atoms. The average Bonchev–Trinajstić information content (AvgIpc) is 2.83. The standard InChI is InChI=1S/C13H22N4O2/c1-16(5-6-18)7-11-8-17(9-12(11)10-19)13-3-2-4-14-15-13/h2-4,11-12,18-19H,5-10H2,1H3/t11-,12-/m1/s1. The van der Waals surface area contributed by atoms with Crippen LogP contribution in [-0.4, -0.2) is 71.8 Å². The van der Waals surface area contributed by atoms with Gasteiger partial charge in [0.2, 0.25) is 0 Å². The Bertz CT molecular complexity index is 376. The third kappa shape index (κ3) is 3.62. The molecule has 1 fully saturated rings. The Morgan fingerprint density at radius 1 is 1.37 bits per heavy atom. The number of nitrogens with zero attached hydrogens (tertiary/aromatic N) is 4. The van der Waals surface area contributed by atoms with Crippen LogP contribution in [0.5, 0.6) is 0 Å². The molecule has 1 aromatic heterocycles. The first-order valence-electron chi connectivity index (χ1n) is 6.67. The van der Waals surface area contributed by atoms with Crippen LogP contribution in [0, 0.1) is 11.8 Å². The summed E-state index contributed by atoms with van der Waals surface area (Å²) in [5, 5.41) is 26.5. The van der Waals surface area contributed by atoms with E-state index in [1.165, 1.54) is 0 Å². The molecule has 0 aromatic carbocycles. The molecule has 106 valence electrons. The predicted molar refractivity (Wildman–Crippen MR) is 72.9 cm³/mol. The van der Waals surface area contributed by atoms with Gasteiger partial charge in [0.1, 0.15) is 0 Å². The number of rotatable bonds is 6. The number of aromatic nitrogens is 2. The van der Waals surface area contributed by atoms with Gasteiger partial charge in [-0.15, -0.1) is 5.10 Å². The molecule has 0 unspecified atom stereocenters. The Kier molecular flexibility index (Phi) is 5.07. The first-order chi connectivity index (χ1) is 9.24. The Labute approximate surface area is 113 Å². The maximum atomic E-state index is 9.51. The number of anilines is 1. The van der Waals surface area contributed by atoms with E-state index in [1.54, 1.807) is 6.20 Å². The van der Waals surface area contributed by atoms with Crippen LogP contribution in [0.15, 0.2) is 18.3 Å². The molecule has 6 heteroatoms. The van der Waals surface area contributed by atoms with E-state index in [9.17, 15) is 5.11 Å². The maximum absolute atomic E-state index is 9.51. The van der Waals surface area contributed by atoms with Gasteiger partial charge in [-0.25, -0.2) is 0 Å². The van der Waals surface area contributed by atoms with Crippen LogP contribution >= 0.6 is 0 Å². The molecule has 2 atom stereocenters. The molecule has 2 N–H and O–H groups in total. The van der Waals surface area contributed by atoms with Crippen molar-refractivity contribution >= 4 is 5.82 Å². The van der Waals surface area contributed by atoms with Gasteiger partial charge in [-0.05, 0) is 25.1 Å². The van der Waals surface area contributed by atoms with Crippen LogP contribution in [0.3, 0.4) is 0 Å². The molecule has 1 aromatic rings. The van der Waals surface area contributed by atoms with Crippen LogP contribution in [-0.2, 0) is 0 Å². The molecule has 0 saturated carbocycles. The molecule has 19 heavy (non-hydrogen) atoms. The molecule has 0 aliphatic carbocycles. The molecule has 0 bridgehead atoms. The molecular weight excluding hydrogens is 244 g/mol. The maximum Gasteiger partial charge on any atom is 0.151 e. The van der Waals surface area contributed by atoms with Crippen LogP contribution in [0.2, 0.25) is 0 Å². The van der Waals surface area contributed by atoms with E-state index >= 15 is 0 Å². The molecular formula is C13H22N4O2. The number of hydrogen-bond donors (Lipinski definition) is 2. The quantitative estimate of drug-likeness (QED) is 0.719. The van der Waals surface area contributed by atoms with Crippen molar-refractivity contribution in [2.45, 2.75) is 0 Å². The van der Waals surface area contributed by atoms with E-state index < -0.39 is 0 Å². The topological polar surface area (TPSA) is 72.7 Å². The van der Waals surface area contributed by atoms with Crippen molar-refractivity contribution in [3.63, 3.8) is 0 Å². The zero-order chi connectivity index (χ0) is 13.7. The lowest BCUT2D eigenvalue weighted by Crippen LogP contribution is -2.33. The minimum atomic E-state index is 0.168. The predicted octanol–water partition coefficient (Wildman–Crippen LogP) is -0.555. The molecule has 1 aliphatic rings. The summed E-state index contributed by atoms with van der Waals surface area (Å²) < 4.78 is 0. The van der Waals surface area contributed by atoms with E-state index in [2.05, 4.69) is 20.0 Å². The first kappa shape index (κ1) is 14.2. The lowest BCUT2D eigenvalue weighted by Gasteiger charge is -2.23. The molecule has 6 nitrogen and oxygen atoms in total. The highest BCUT2D eigenvalue weighted by Crippen LogP contribution is 2.27. The third-order valence-corrected chi connectivity index (χ3v) is 3.72. The highest BCUT2D eigenvalue weighted by atomic mass is 16.3. The van der Waals surface area contributed by atoms with Crippen molar-refractivity contribution in [1.82, 2.24) is 15.1 Å². The van der Waals surface area contributed by atoms with Crippen molar-refractivity contribution in [2.75, 3.05) is 51.3 Å². The number of aliphatic hydroxyl groups excluding tert-OH is 2. The Hall–Kier alpha value is -1.24. The zero-order valence-corrected chi connectivity index (χ0v) is 11.3. The second kappa shape index (κ2) is 6.79. The Morgan fingerprint density at radius 3 is 2.79 bits per heavy atom. The Morgan fingerprint density at radius 2 is 2.16 bits per heavy atom. The minimum Gasteiger partial charge on any atom is -0.396 e. The van der Waals surface area contributed by atoms with Crippen molar-refractivity contribution in [2.24, 2.45) is 11.8 Å². The van der Waals surface area contributed by atoms with Crippen LogP contribution in [0.4, 0.5) is 5.82 Å². The van der Waals surface area contributed by atoms with Crippen molar-refractivity contribution in [1.29, 1.82) is 0 Å². The summed E-state index contributed by atoms with van der Waals surface area (Å²) >= 11 is 0. The summed E-state index contributed by atoms with van der Waals surface area (Å²) in [4.78, 5) is 4.28. The van der Waals surface area contributed by atoms with Crippen LogP contribution < -0.4 is 4.90 Å². The monoisotopic (exact) mass is 266 g/mol. The molecule has 1 saturated heterocycles. The normalized spacial score (nSPS) is 23.3. The lowest BCUT2D eigenvalue weighted by atomic mass is 9.96. The number of hydrogen-bond acceptors (Lipinski definition) is 6. The van der Waals surface area contributed by atoms with E-state index in [1.807, 2.05) is 19.2 Å². The van der Waals surface area contributed by atoms with E-state index in [4.69, 9.17) is 5.11 Å². The first-order valence-corrected chi connectivity index (χ1v) is 6.67. The van der Waals surface area contributed by atoms with Crippen molar-refractivity contribution in [3.8, 4) is 0 Å². The fraction of sp³-hybridized carbons (Fsp3) is 0.692. The van der Waals surface area contributed by atoms with Gasteiger partial charge in [-0.3, -0.25) is 0 Å². The van der Waals surface area contributed by atoms with Gasteiger partial charge < -0.3 is 20.0 Å². The highest BCUT2D eigenvalue weighted by molar-refractivity contribution is 5.38. The van der Waals surface area contributed by atoms with Gasteiger partial charge in [-0.1, -0.05) is 0 Å². The molecule has 2 rings (SSSR count). The van der Waals surface area contributed by atoms with Gasteiger partial charge in [0.15, 0.2) is 5.82 Å². The smallest absolute Gasteiger partial charge is 0.151 e. The summed E-state index contributed by atoms with van der Waals surface area (Å²) in [5.74, 6) is 1.51. The largest absolute Gasteiger partial charge is 0.396 e. The molecule has 2 heterocycles. The SMILES string of the molecule is CN(CCO)C[C@@H]1CN(c2cccnn2)C[C@@H]1CO.